The molecule has 1 saturated heterocycles. The lowest BCUT2D eigenvalue weighted by molar-refractivity contribution is -0.123. The van der Waals surface area contributed by atoms with Gasteiger partial charge in [0.15, 0.2) is 5.17 Å². The van der Waals surface area contributed by atoms with E-state index < -0.39 is 0 Å². The molecule has 2 aliphatic heterocycles. The van der Waals surface area contributed by atoms with Gasteiger partial charge in [-0.15, -0.1) is 12.4 Å². The zero-order valence-electron chi connectivity index (χ0n) is 8.66. The molecule has 1 fully saturated rings. The van der Waals surface area contributed by atoms with E-state index in [2.05, 4.69) is 22.5 Å². The van der Waals surface area contributed by atoms with E-state index in [1.54, 1.807) is 11.8 Å². The van der Waals surface area contributed by atoms with Gasteiger partial charge >= 0.3 is 0 Å². The van der Waals surface area contributed by atoms with E-state index in [0.717, 1.165) is 30.6 Å². The number of carbonyl (C=O) groups is 1. The summed E-state index contributed by atoms with van der Waals surface area (Å²) in [6.45, 7) is 4.68. The molecule has 0 spiro atoms. The number of amides is 1. The van der Waals surface area contributed by atoms with Crippen molar-refractivity contribution < 1.29 is 4.79 Å². The van der Waals surface area contributed by atoms with E-state index in [0.29, 0.717) is 5.92 Å². The van der Waals surface area contributed by atoms with Crippen LogP contribution >= 0.6 is 24.2 Å². The molecular weight excluding hydrogens is 234 g/mol. The summed E-state index contributed by atoms with van der Waals surface area (Å²) >= 11 is 1.63. The Hall–Kier alpha value is -0.260. The lowest BCUT2D eigenvalue weighted by Gasteiger charge is -2.13. The average molecular weight is 250 g/mol. The fourth-order valence-corrected chi connectivity index (χ4v) is 2.50. The van der Waals surface area contributed by atoms with Crippen LogP contribution in [0.4, 0.5) is 0 Å². The van der Waals surface area contributed by atoms with Crippen molar-refractivity contribution in [2.75, 3.05) is 25.4 Å². The molecule has 0 aromatic carbocycles. The third-order valence-corrected chi connectivity index (χ3v) is 3.56. The van der Waals surface area contributed by atoms with Gasteiger partial charge in [-0.2, -0.15) is 0 Å². The smallest absolute Gasteiger partial charge is 0.230 e. The van der Waals surface area contributed by atoms with Gasteiger partial charge in [0.1, 0.15) is 0 Å². The van der Waals surface area contributed by atoms with E-state index in [-0.39, 0.29) is 24.2 Å². The minimum Gasteiger partial charge on any atom is -0.316 e. The first kappa shape index (κ1) is 12.8. The van der Waals surface area contributed by atoms with Crippen molar-refractivity contribution in [3.8, 4) is 0 Å². The molecule has 2 heterocycles. The van der Waals surface area contributed by atoms with Crippen LogP contribution in [0.2, 0.25) is 0 Å². The van der Waals surface area contributed by atoms with Crippen molar-refractivity contribution in [3.63, 3.8) is 0 Å². The van der Waals surface area contributed by atoms with E-state index in [9.17, 15) is 4.79 Å². The number of carbonyl (C=O) groups excluding carboxylic acids is 1. The van der Waals surface area contributed by atoms with Crippen molar-refractivity contribution in [3.05, 3.63) is 0 Å². The third-order valence-electron chi connectivity index (χ3n) is 2.67. The van der Waals surface area contributed by atoms with Crippen molar-refractivity contribution in [2.24, 2.45) is 16.8 Å². The maximum Gasteiger partial charge on any atom is 0.230 e. The molecule has 86 valence electrons. The molecule has 2 atom stereocenters. The number of amidine groups is 1. The molecule has 6 heteroatoms. The second-order valence-electron chi connectivity index (χ2n) is 3.77. The highest BCUT2D eigenvalue weighted by atomic mass is 35.5. The summed E-state index contributed by atoms with van der Waals surface area (Å²) in [7, 11) is 0. The van der Waals surface area contributed by atoms with Crippen LogP contribution in [0.3, 0.4) is 0 Å². The standard InChI is InChI=1S/C9H15N3OS.ClH/c1-6-4-10-5-7(6)8(13)12-9-11-2-3-14-9;/h6-7,10H,2-5H2,1H3,(H,11,12,13);1H/t6-,7-;/m1./s1. The molecule has 0 aliphatic carbocycles. The highest BCUT2D eigenvalue weighted by molar-refractivity contribution is 8.14. The maximum atomic E-state index is 11.8. The summed E-state index contributed by atoms with van der Waals surface area (Å²) in [5.41, 5.74) is 0. The van der Waals surface area contributed by atoms with Crippen LogP contribution in [0, 0.1) is 11.8 Å². The highest BCUT2D eigenvalue weighted by Crippen LogP contribution is 2.17. The van der Waals surface area contributed by atoms with E-state index in [4.69, 9.17) is 0 Å². The minimum atomic E-state index is 0. The van der Waals surface area contributed by atoms with Crippen LogP contribution in [0.25, 0.3) is 0 Å². The molecule has 0 aromatic heterocycles. The Kier molecular flexibility index (Phi) is 4.89. The first-order valence-corrected chi connectivity index (χ1v) is 5.95. The predicted molar refractivity (Wildman–Crippen MR) is 65.7 cm³/mol. The van der Waals surface area contributed by atoms with Crippen molar-refractivity contribution in [1.82, 2.24) is 10.6 Å². The number of hydrogen-bond acceptors (Lipinski definition) is 4. The maximum absolute atomic E-state index is 11.8. The topological polar surface area (TPSA) is 53.5 Å². The Labute approximate surface area is 100 Å². The van der Waals surface area contributed by atoms with Gasteiger partial charge in [-0.25, -0.2) is 0 Å². The fraction of sp³-hybridized carbons (Fsp3) is 0.778. The van der Waals surface area contributed by atoms with Crippen LogP contribution in [0.15, 0.2) is 4.99 Å². The van der Waals surface area contributed by atoms with Gasteiger partial charge in [0.25, 0.3) is 0 Å². The fourth-order valence-electron chi connectivity index (χ4n) is 1.77. The summed E-state index contributed by atoms with van der Waals surface area (Å²) in [6.07, 6.45) is 0. The minimum absolute atomic E-state index is 0. The molecule has 2 aliphatic rings. The van der Waals surface area contributed by atoms with E-state index >= 15 is 0 Å². The lowest BCUT2D eigenvalue weighted by Crippen LogP contribution is -2.36. The van der Waals surface area contributed by atoms with Gasteiger partial charge < -0.3 is 10.6 Å². The molecule has 2 rings (SSSR count). The number of rotatable bonds is 1. The van der Waals surface area contributed by atoms with Gasteiger partial charge in [0.2, 0.25) is 5.91 Å². The lowest BCUT2D eigenvalue weighted by atomic mass is 9.97. The zero-order chi connectivity index (χ0) is 9.97. The zero-order valence-corrected chi connectivity index (χ0v) is 10.3. The summed E-state index contributed by atoms with van der Waals surface area (Å²) < 4.78 is 0. The Morgan fingerprint density at radius 2 is 2.40 bits per heavy atom. The summed E-state index contributed by atoms with van der Waals surface area (Å²) in [6, 6.07) is 0. The summed E-state index contributed by atoms with van der Waals surface area (Å²) in [5.74, 6) is 1.66. The van der Waals surface area contributed by atoms with Crippen LogP contribution in [-0.2, 0) is 4.79 Å². The first-order chi connectivity index (χ1) is 6.77. The predicted octanol–water partition coefficient (Wildman–Crippen LogP) is 0.483. The largest absolute Gasteiger partial charge is 0.316 e. The molecule has 0 bridgehead atoms. The summed E-state index contributed by atoms with van der Waals surface area (Å²) in [4.78, 5) is 16.0. The Morgan fingerprint density at radius 1 is 1.60 bits per heavy atom. The van der Waals surface area contributed by atoms with Crippen LogP contribution in [0.5, 0.6) is 0 Å². The SMILES string of the molecule is C[C@@H]1CNC[C@H]1C(=O)NC1=NCCS1.Cl. The van der Waals surface area contributed by atoms with Crippen LogP contribution < -0.4 is 10.6 Å². The Bertz CT molecular complexity index is 272. The molecule has 15 heavy (non-hydrogen) atoms. The highest BCUT2D eigenvalue weighted by Gasteiger charge is 2.30. The number of halogens is 1. The van der Waals surface area contributed by atoms with Crippen molar-refractivity contribution in [1.29, 1.82) is 0 Å². The number of nitrogens with one attached hydrogen (secondary N) is 2. The van der Waals surface area contributed by atoms with Gasteiger partial charge in [-0.1, -0.05) is 18.7 Å². The number of thioether (sulfide) groups is 1. The van der Waals surface area contributed by atoms with Crippen LogP contribution in [-0.4, -0.2) is 36.5 Å². The van der Waals surface area contributed by atoms with E-state index in [1.807, 2.05) is 0 Å². The van der Waals surface area contributed by atoms with Gasteiger partial charge in [-0.05, 0) is 12.5 Å². The quantitative estimate of drug-likeness (QED) is 0.711. The molecule has 2 N–H and O–H groups in total. The molecule has 0 radical (unpaired) electrons. The molecule has 0 saturated carbocycles. The molecule has 0 aromatic rings. The third kappa shape index (κ3) is 3.09. The first-order valence-electron chi connectivity index (χ1n) is 4.96. The Morgan fingerprint density at radius 3 is 2.93 bits per heavy atom. The van der Waals surface area contributed by atoms with Gasteiger partial charge in [0.05, 0.1) is 12.5 Å². The number of nitrogens with zero attached hydrogens (tertiary/aromatic N) is 1. The molecule has 0 unspecified atom stereocenters. The Balaban J connectivity index is 0.00000112. The molecule has 1 amide bonds. The van der Waals surface area contributed by atoms with Crippen LogP contribution in [0.1, 0.15) is 6.92 Å². The number of aliphatic imine (C=N–C) groups is 1. The average Bonchev–Trinajstić information content (AvgIpc) is 2.75. The molecule has 4 nitrogen and oxygen atoms in total. The molecular formula is C9H16ClN3OS. The van der Waals surface area contributed by atoms with E-state index in [1.165, 1.54) is 0 Å². The van der Waals surface area contributed by atoms with Crippen molar-refractivity contribution in [2.45, 2.75) is 6.92 Å². The number of hydrogen-bond donors (Lipinski definition) is 2. The van der Waals surface area contributed by atoms with Gasteiger partial charge in [0, 0.05) is 12.3 Å². The van der Waals surface area contributed by atoms with Gasteiger partial charge in [-0.3, -0.25) is 9.79 Å². The normalized spacial score (nSPS) is 29.5. The second-order valence-corrected chi connectivity index (χ2v) is 4.85. The van der Waals surface area contributed by atoms with Crippen molar-refractivity contribution >= 4 is 35.2 Å². The monoisotopic (exact) mass is 249 g/mol. The summed E-state index contributed by atoms with van der Waals surface area (Å²) in [5, 5.41) is 6.91. The second kappa shape index (κ2) is 5.72.